The maximum Gasteiger partial charge on any atom is 0.389 e. The van der Waals surface area contributed by atoms with E-state index in [-0.39, 0.29) is 23.5 Å². The van der Waals surface area contributed by atoms with Gasteiger partial charge in [0, 0.05) is 30.0 Å². The molecule has 0 spiro atoms. The fourth-order valence-electron chi connectivity index (χ4n) is 4.21. The van der Waals surface area contributed by atoms with E-state index in [9.17, 15) is 41.6 Å². The number of nitriles is 1. The summed E-state index contributed by atoms with van der Waals surface area (Å²) < 4.78 is 66.0. The number of nitrogens with zero attached hydrogens (tertiary/aromatic N) is 2. The smallest absolute Gasteiger partial charge is 0.370 e. The first-order valence-electron chi connectivity index (χ1n) is 11.5. The molecule has 0 saturated heterocycles. The number of rotatable bonds is 8. The zero-order chi connectivity index (χ0) is 28.2. The number of nitrogens with two attached hydrogens (primary N) is 1. The number of carbonyl (C=O) groups is 3. The van der Waals surface area contributed by atoms with Gasteiger partial charge in [-0.25, -0.2) is 8.78 Å². The quantitative estimate of drug-likeness (QED) is 0.435. The third-order valence-electron chi connectivity index (χ3n) is 5.94. The molecule has 0 saturated carbocycles. The summed E-state index contributed by atoms with van der Waals surface area (Å²) in [7, 11) is 0. The Labute approximate surface area is 214 Å². The van der Waals surface area contributed by atoms with Crippen LogP contribution in [0.1, 0.15) is 42.4 Å². The second-order valence-corrected chi connectivity index (χ2v) is 8.89. The summed E-state index contributed by atoms with van der Waals surface area (Å²) in [6, 6.07) is 9.24. The lowest BCUT2D eigenvalue weighted by Crippen LogP contribution is -2.50. The Balaban J connectivity index is 2.02. The van der Waals surface area contributed by atoms with Crippen molar-refractivity contribution in [2.45, 2.75) is 44.8 Å². The molecule has 3 rings (SSSR count). The van der Waals surface area contributed by atoms with E-state index in [0.717, 1.165) is 6.07 Å². The molecule has 2 aromatic rings. The van der Waals surface area contributed by atoms with Crippen molar-refractivity contribution in [1.82, 2.24) is 5.32 Å². The molecule has 2 aromatic carbocycles. The van der Waals surface area contributed by atoms with Gasteiger partial charge in [0.2, 0.25) is 17.7 Å². The van der Waals surface area contributed by atoms with Crippen molar-refractivity contribution in [3.8, 4) is 6.07 Å². The minimum atomic E-state index is -4.59. The maximum atomic E-state index is 13.8. The summed E-state index contributed by atoms with van der Waals surface area (Å²) in [4.78, 5) is 38.9. The number of primary amides is 1. The molecule has 0 aliphatic carbocycles. The average Bonchev–Trinajstić information content (AvgIpc) is 2.96. The van der Waals surface area contributed by atoms with E-state index in [4.69, 9.17) is 5.73 Å². The van der Waals surface area contributed by atoms with Gasteiger partial charge in [0.05, 0.1) is 29.6 Å². The Morgan fingerprint density at radius 2 is 1.97 bits per heavy atom. The molecule has 1 aliphatic heterocycles. The largest absolute Gasteiger partial charge is 0.389 e. The van der Waals surface area contributed by atoms with E-state index in [1.807, 2.05) is 6.07 Å². The van der Waals surface area contributed by atoms with Gasteiger partial charge in [0.1, 0.15) is 6.04 Å². The van der Waals surface area contributed by atoms with Crippen LogP contribution in [0.2, 0.25) is 0 Å². The number of aryl methyl sites for hydroxylation is 1. The Morgan fingerprint density at radius 1 is 1.26 bits per heavy atom. The summed E-state index contributed by atoms with van der Waals surface area (Å²) >= 11 is 0. The number of carbonyl (C=O) groups excluding carboxylic acids is 3. The molecule has 0 fully saturated rings. The Bertz CT molecular complexity index is 1280. The first kappa shape index (κ1) is 28.4. The number of anilines is 3. The maximum absolute atomic E-state index is 13.8. The van der Waals surface area contributed by atoms with Gasteiger partial charge in [-0.1, -0.05) is 12.1 Å². The van der Waals surface area contributed by atoms with Crippen LogP contribution in [-0.4, -0.2) is 36.5 Å². The predicted octanol–water partition coefficient (Wildman–Crippen LogP) is 4.21. The first-order valence-corrected chi connectivity index (χ1v) is 11.5. The van der Waals surface area contributed by atoms with E-state index in [1.54, 1.807) is 19.1 Å². The van der Waals surface area contributed by atoms with Crippen molar-refractivity contribution in [2.75, 3.05) is 16.8 Å². The van der Waals surface area contributed by atoms with Crippen LogP contribution >= 0.6 is 0 Å². The normalized spacial score (nSPS) is 16.2. The van der Waals surface area contributed by atoms with Crippen LogP contribution in [0.3, 0.4) is 0 Å². The number of halogens is 5. The Hall–Kier alpha value is -4.21. The minimum Gasteiger partial charge on any atom is -0.370 e. The summed E-state index contributed by atoms with van der Waals surface area (Å²) in [6.45, 7) is 1.39. The van der Waals surface area contributed by atoms with E-state index < -0.39 is 67.1 Å². The lowest BCUT2D eigenvalue weighted by molar-refractivity contribution is -0.143. The molecule has 1 aliphatic rings. The number of para-hydroxylation sites is 1. The third-order valence-corrected chi connectivity index (χ3v) is 5.94. The van der Waals surface area contributed by atoms with E-state index in [1.165, 1.54) is 23.1 Å². The van der Waals surface area contributed by atoms with Gasteiger partial charge in [-0.2, -0.15) is 18.4 Å². The number of fused-ring (bicyclic) bond motifs is 1. The second kappa shape index (κ2) is 11.5. The van der Waals surface area contributed by atoms with Crippen molar-refractivity contribution in [3.05, 3.63) is 53.1 Å². The van der Waals surface area contributed by atoms with Crippen LogP contribution in [0, 0.1) is 24.2 Å². The highest BCUT2D eigenvalue weighted by Crippen LogP contribution is 2.40. The van der Waals surface area contributed by atoms with Gasteiger partial charge >= 0.3 is 6.18 Å². The van der Waals surface area contributed by atoms with Gasteiger partial charge in [-0.05, 0) is 43.2 Å². The fourth-order valence-corrected chi connectivity index (χ4v) is 4.21. The second-order valence-electron chi connectivity index (χ2n) is 8.89. The molecule has 0 radical (unpaired) electrons. The highest BCUT2D eigenvalue weighted by molar-refractivity contribution is 6.03. The van der Waals surface area contributed by atoms with Gasteiger partial charge in [-0.15, -0.1) is 0 Å². The molecule has 202 valence electrons. The van der Waals surface area contributed by atoms with Crippen LogP contribution in [0.15, 0.2) is 36.4 Å². The number of hydrogen-bond acceptors (Lipinski definition) is 5. The number of alkyl halides is 5. The summed E-state index contributed by atoms with van der Waals surface area (Å²) in [5.41, 5.74) is 5.84. The molecule has 2 atom stereocenters. The molecule has 2 unspecified atom stereocenters. The van der Waals surface area contributed by atoms with Gasteiger partial charge in [0.25, 0.3) is 6.43 Å². The molecule has 13 heteroatoms. The van der Waals surface area contributed by atoms with Crippen LogP contribution < -0.4 is 21.3 Å². The fraction of sp³-hybridized carbons (Fsp3) is 0.360. The zero-order valence-electron chi connectivity index (χ0n) is 20.1. The SMILES string of the molecule is Cc1cc(C#N)cc(N2CC(NC(=O)C(CCC(F)(F)F)CC(N)=O)C(=O)Nc3c(C(F)F)cccc32)c1. The monoisotopic (exact) mass is 537 g/mol. The van der Waals surface area contributed by atoms with Gasteiger partial charge in [0.15, 0.2) is 0 Å². The average molecular weight is 537 g/mol. The zero-order valence-corrected chi connectivity index (χ0v) is 20.1. The van der Waals surface area contributed by atoms with Crippen LogP contribution in [0.4, 0.5) is 39.0 Å². The number of hydrogen-bond donors (Lipinski definition) is 3. The molecule has 0 aromatic heterocycles. The minimum absolute atomic E-state index is 0.160. The third kappa shape index (κ3) is 6.96. The molecule has 8 nitrogen and oxygen atoms in total. The van der Waals surface area contributed by atoms with Crippen molar-refractivity contribution >= 4 is 34.8 Å². The predicted molar refractivity (Wildman–Crippen MR) is 127 cm³/mol. The highest BCUT2D eigenvalue weighted by atomic mass is 19.4. The van der Waals surface area contributed by atoms with E-state index in [2.05, 4.69) is 10.6 Å². The van der Waals surface area contributed by atoms with Gasteiger partial charge in [-0.3, -0.25) is 14.4 Å². The number of benzene rings is 2. The molecule has 0 bridgehead atoms. The highest BCUT2D eigenvalue weighted by Gasteiger charge is 2.36. The Morgan fingerprint density at radius 3 is 2.58 bits per heavy atom. The molecular weight excluding hydrogens is 513 g/mol. The number of nitrogens with one attached hydrogen (secondary N) is 2. The lowest BCUT2D eigenvalue weighted by Gasteiger charge is -2.28. The van der Waals surface area contributed by atoms with Crippen molar-refractivity contribution in [3.63, 3.8) is 0 Å². The van der Waals surface area contributed by atoms with Crippen LogP contribution in [0.5, 0.6) is 0 Å². The van der Waals surface area contributed by atoms with E-state index in [0.29, 0.717) is 11.3 Å². The molecular formula is C25H24F5N5O3. The Kier molecular flexibility index (Phi) is 8.55. The van der Waals surface area contributed by atoms with Crippen LogP contribution in [0.25, 0.3) is 0 Å². The summed E-state index contributed by atoms with van der Waals surface area (Å²) in [5.74, 6) is -4.38. The standard InChI is InChI=1S/C25H24F5N5O3/c1-13-7-14(11-31)9-16(8-13)35-12-18(24(38)34-21-17(22(26)27)3-2-4-19(21)35)33-23(37)15(10-20(32)36)5-6-25(28,29)30/h2-4,7-9,15,18,22H,5-6,10,12H2,1H3,(H2,32,36)(H,33,37)(H,34,38). The molecule has 3 amide bonds. The van der Waals surface area contributed by atoms with Crippen molar-refractivity contribution in [2.24, 2.45) is 11.7 Å². The first-order chi connectivity index (χ1) is 17.8. The molecule has 4 N–H and O–H groups in total. The van der Waals surface area contributed by atoms with Crippen LogP contribution in [-0.2, 0) is 14.4 Å². The lowest BCUT2D eigenvalue weighted by atomic mass is 9.97. The molecule has 38 heavy (non-hydrogen) atoms. The number of amides is 3. The van der Waals surface area contributed by atoms with Gasteiger partial charge < -0.3 is 21.3 Å². The summed E-state index contributed by atoms with van der Waals surface area (Å²) in [5, 5.41) is 14.1. The van der Waals surface area contributed by atoms with Crippen molar-refractivity contribution in [1.29, 1.82) is 5.26 Å². The summed E-state index contributed by atoms with van der Waals surface area (Å²) in [6.07, 6.45) is -10.3. The van der Waals surface area contributed by atoms with Crippen molar-refractivity contribution < 1.29 is 36.3 Å². The topological polar surface area (TPSA) is 128 Å². The van der Waals surface area contributed by atoms with E-state index >= 15 is 0 Å². The molecule has 1 heterocycles.